The fourth-order valence-electron chi connectivity index (χ4n) is 3.58. The normalized spacial score (nSPS) is 12.2. The lowest BCUT2D eigenvalue weighted by atomic mass is 10.1. The molecule has 0 aliphatic heterocycles. The molecule has 0 heterocycles. The Kier molecular flexibility index (Phi) is 12.1. The van der Waals surface area contributed by atoms with E-state index >= 15 is 0 Å². The van der Waals surface area contributed by atoms with E-state index in [-0.39, 0.29) is 39.6 Å². The Balaban J connectivity index is 2.53. The quantitative estimate of drug-likeness (QED) is 0.216. The maximum Gasteiger partial charge on any atom is 0.244 e. The Bertz CT molecular complexity index is 1220. The van der Waals surface area contributed by atoms with Gasteiger partial charge in [0.25, 0.3) is 0 Å². The maximum absolute atomic E-state index is 13.8. The second kappa shape index (κ2) is 14.1. The van der Waals surface area contributed by atoms with E-state index in [0.29, 0.717) is 22.2 Å². The van der Waals surface area contributed by atoms with E-state index in [4.69, 9.17) is 58.0 Å². The Hall–Kier alpha value is -1.42. The fourth-order valence-corrected chi connectivity index (χ4v) is 5.64. The number of unbranched alkanes of at least 4 members (excludes halogenated alkanes) is 1. The van der Waals surface area contributed by atoms with Crippen molar-refractivity contribution in [3.05, 3.63) is 61.0 Å². The third-order valence-corrected chi connectivity index (χ3v) is 8.40. The smallest absolute Gasteiger partial charge is 0.244 e. The number of nitrogens with zero attached hydrogens (tertiary/aromatic N) is 2. The highest BCUT2D eigenvalue weighted by Gasteiger charge is 2.33. The van der Waals surface area contributed by atoms with Gasteiger partial charge in [0.05, 0.1) is 27.0 Å². The molecule has 1 N–H and O–H groups in total. The van der Waals surface area contributed by atoms with Crippen LogP contribution in [-0.4, -0.2) is 50.5 Å². The molecule has 2 aromatic carbocycles. The molecule has 0 radical (unpaired) electrons. The van der Waals surface area contributed by atoms with Crippen molar-refractivity contribution >= 4 is 85.5 Å². The third kappa shape index (κ3) is 8.53. The molecule has 0 fully saturated rings. The molecule has 1 atom stereocenters. The summed E-state index contributed by atoms with van der Waals surface area (Å²) in [6.07, 6.45) is 2.84. The molecule has 2 amide bonds. The van der Waals surface area contributed by atoms with E-state index in [1.165, 1.54) is 17.0 Å². The number of carbonyl (C=O) groups is 2. The predicted octanol–water partition coefficient (Wildman–Crippen LogP) is 6.44. The number of hydrogen-bond acceptors (Lipinski definition) is 4. The van der Waals surface area contributed by atoms with Gasteiger partial charge in [-0.15, -0.1) is 0 Å². The van der Waals surface area contributed by atoms with Crippen LogP contribution in [0, 0.1) is 0 Å². The van der Waals surface area contributed by atoms with Crippen LogP contribution in [0.3, 0.4) is 0 Å². The first-order valence-electron chi connectivity index (χ1n) is 11.4. The lowest BCUT2D eigenvalue weighted by Gasteiger charge is -2.33. The van der Waals surface area contributed by atoms with Gasteiger partial charge in [0.1, 0.15) is 12.6 Å². The van der Waals surface area contributed by atoms with Gasteiger partial charge in [-0.05, 0) is 37.1 Å². The number of benzene rings is 2. The molecule has 204 valence electrons. The Morgan fingerprint density at radius 3 is 2.08 bits per heavy atom. The number of rotatable bonds is 12. The molecule has 7 nitrogen and oxygen atoms in total. The standard InChI is InChI=1S/C24H28Cl5N3O4S/c1-4-6-10-30-24(34)21(5-2)31(13-15-16(25)8-7-9-17(15)26)23(33)14-32(37(3,35)36)22-12-19(28)18(27)11-20(22)29/h7-9,11-12,21H,4-6,10,13-14H2,1-3H3,(H,30,34). The van der Waals surface area contributed by atoms with E-state index in [9.17, 15) is 18.0 Å². The van der Waals surface area contributed by atoms with Gasteiger partial charge in [0.15, 0.2) is 0 Å². The minimum absolute atomic E-state index is 0.0160. The first kappa shape index (κ1) is 31.8. The zero-order valence-corrected chi connectivity index (χ0v) is 25.1. The average Bonchev–Trinajstić information content (AvgIpc) is 2.81. The zero-order valence-electron chi connectivity index (χ0n) is 20.5. The van der Waals surface area contributed by atoms with Gasteiger partial charge in [0, 0.05) is 28.7 Å². The van der Waals surface area contributed by atoms with Crippen LogP contribution >= 0.6 is 58.0 Å². The molecular weight excluding hydrogens is 604 g/mol. The van der Waals surface area contributed by atoms with Crippen LogP contribution in [0.25, 0.3) is 0 Å². The SMILES string of the molecule is CCCCNC(=O)C(CC)N(Cc1c(Cl)cccc1Cl)C(=O)CN(c1cc(Cl)c(Cl)cc1Cl)S(C)(=O)=O. The summed E-state index contributed by atoms with van der Waals surface area (Å²) in [4.78, 5) is 28.1. The Morgan fingerprint density at radius 2 is 1.54 bits per heavy atom. The molecule has 37 heavy (non-hydrogen) atoms. The van der Waals surface area contributed by atoms with Gasteiger partial charge >= 0.3 is 0 Å². The van der Waals surface area contributed by atoms with Crippen LogP contribution in [-0.2, 0) is 26.2 Å². The summed E-state index contributed by atoms with van der Waals surface area (Å²) in [6, 6.07) is 6.54. The summed E-state index contributed by atoms with van der Waals surface area (Å²) in [5, 5.41) is 3.62. The van der Waals surface area contributed by atoms with Gasteiger partial charge in [-0.25, -0.2) is 8.42 Å². The number of hydrogen-bond donors (Lipinski definition) is 1. The Labute approximate surface area is 243 Å². The summed E-state index contributed by atoms with van der Waals surface area (Å²) < 4.78 is 26.3. The molecule has 0 bridgehead atoms. The number of carbonyl (C=O) groups excluding carboxylic acids is 2. The van der Waals surface area contributed by atoms with Crippen molar-refractivity contribution in [2.24, 2.45) is 0 Å². The highest BCUT2D eigenvalue weighted by atomic mass is 35.5. The van der Waals surface area contributed by atoms with Gasteiger partial charge in [0.2, 0.25) is 21.8 Å². The number of nitrogens with one attached hydrogen (secondary N) is 1. The molecular formula is C24H28Cl5N3O4S. The van der Waals surface area contributed by atoms with Crippen molar-refractivity contribution in [3.8, 4) is 0 Å². The molecule has 0 aromatic heterocycles. The highest BCUT2D eigenvalue weighted by Crippen LogP contribution is 2.36. The van der Waals surface area contributed by atoms with Gasteiger partial charge in [-0.1, -0.05) is 84.3 Å². The minimum atomic E-state index is -4.01. The van der Waals surface area contributed by atoms with Crippen molar-refractivity contribution in [2.75, 3.05) is 23.7 Å². The molecule has 1 unspecified atom stereocenters. The fraction of sp³-hybridized carbons (Fsp3) is 0.417. The first-order chi connectivity index (χ1) is 17.3. The molecule has 2 rings (SSSR count). The molecule has 0 aliphatic carbocycles. The zero-order chi connectivity index (χ0) is 27.9. The van der Waals surface area contributed by atoms with Gasteiger partial charge in [-0.3, -0.25) is 13.9 Å². The number of sulfonamides is 1. The molecule has 2 aromatic rings. The van der Waals surface area contributed by atoms with E-state index in [1.807, 2.05) is 6.92 Å². The average molecular weight is 632 g/mol. The van der Waals surface area contributed by atoms with Crippen LogP contribution in [0.5, 0.6) is 0 Å². The van der Waals surface area contributed by atoms with E-state index in [2.05, 4.69) is 5.32 Å². The van der Waals surface area contributed by atoms with E-state index in [0.717, 1.165) is 23.4 Å². The van der Waals surface area contributed by atoms with E-state index in [1.54, 1.807) is 25.1 Å². The molecule has 0 aliphatic rings. The van der Waals surface area contributed by atoms with Crippen LogP contribution in [0.15, 0.2) is 30.3 Å². The van der Waals surface area contributed by atoms with Crippen LogP contribution in [0.1, 0.15) is 38.7 Å². The second-order valence-electron chi connectivity index (χ2n) is 8.28. The third-order valence-electron chi connectivity index (χ3n) is 5.54. The first-order valence-corrected chi connectivity index (χ1v) is 15.2. The molecule has 0 spiro atoms. The number of anilines is 1. The lowest BCUT2D eigenvalue weighted by Crippen LogP contribution is -2.52. The maximum atomic E-state index is 13.8. The van der Waals surface area contributed by atoms with Gasteiger partial charge in [-0.2, -0.15) is 0 Å². The lowest BCUT2D eigenvalue weighted by molar-refractivity contribution is -0.140. The summed E-state index contributed by atoms with van der Waals surface area (Å²) >= 11 is 31.1. The van der Waals surface area contributed by atoms with Crippen molar-refractivity contribution in [2.45, 2.75) is 45.7 Å². The monoisotopic (exact) mass is 629 g/mol. The summed E-state index contributed by atoms with van der Waals surface area (Å²) in [5.74, 6) is -1.04. The predicted molar refractivity (Wildman–Crippen MR) is 153 cm³/mol. The van der Waals surface area contributed by atoms with Crippen molar-refractivity contribution < 1.29 is 18.0 Å². The van der Waals surface area contributed by atoms with E-state index < -0.39 is 28.5 Å². The molecule has 13 heteroatoms. The van der Waals surface area contributed by atoms with Crippen molar-refractivity contribution in [3.63, 3.8) is 0 Å². The topological polar surface area (TPSA) is 86.8 Å². The number of halogens is 5. The Morgan fingerprint density at radius 1 is 0.946 bits per heavy atom. The number of amides is 2. The van der Waals surface area contributed by atoms with Crippen molar-refractivity contribution in [1.29, 1.82) is 0 Å². The summed E-state index contributed by atoms with van der Waals surface area (Å²) in [5.41, 5.74) is 0.403. The van der Waals surface area contributed by atoms with Crippen LogP contribution < -0.4 is 9.62 Å². The largest absolute Gasteiger partial charge is 0.354 e. The van der Waals surface area contributed by atoms with Crippen LogP contribution in [0.2, 0.25) is 25.1 Å². The summed E-state index contributed by atoms with van der Waals surface area (Å²) in [6.45, 7) is 3.41. The highest BCUT2D eigenvalue weighted by molar-refractivity contribution is 7.92. The van der Waals surface area contributed by atoms with Crippen LogP contribution in [0.4, 0.5) is 5.69 Å². The molecule has 0 saturated heterocycles. The summed E-state index contributed by atoms with van der Waals surface area (Å²) in [7, 11) is -4.01. The van der Waals surface area contributed by atoms with Crippen molar-refractivity contribution in [1.82, 2.24) is 10.2 Å². The van der Waals surface area contributed by atoms with Gasteiger partial charge < -0.3 is 10.2 Å². The minimum Gasteiger partial charge on any atom is -0.354 e. The molecule has 0 saturated carbocycles. The second-order valence-corrected chi connectivity index (χ2v) is 12.2.